The lowest BCUT2D eigenvalue weighted by molar-refractivity contribution is -0.116. The summed E-state index contributed by atoms with van der Waals surface area (Å²) in [5, 5.41) is 4.27. The van der Waals surface area contributed by atoms with E-state index >= 15 is 0 Å². The highest BCUT2D eigenvalue weighted by molar-refractivity contribution is 7.17. The van der Waals surface area contributed by atoms with Gasteiger partial charge in [0.2, 0.25) is 5.91 Å². The third-order valence-corrected chi connectivity index (χ3v) is 6.84. The third kappa shape index (κ3) is 5.11. The van der Waals surface area contributed by atoms with Crippen molar-refractivity contribution in [1.29, 1.82) is 0 Å². The number of esters is 1. The molecule has 0 aliphatic heterocycles. The molecule has 1 aromatic carbocycles. The number of benzene rings is 1. The number of carbonyl (C=O) groups excluding carboxylic acids is 2. The quantitative estimate of drug-likeness (QED) is 0.462. The van der Waals surface area contributed by atoms with Gasteiger partial charge in [-0.25, -0.2) is 4.79 Å². The highest BCUT2D eigenvalue weighted by Crippen LogP contribution is 2.38. The van der Waals surface area contributed by atoms with Crippen LogP contribution in [0.1, 0.15) is 57.6 Å². The molecule has 0 bridgehead atoms. The molecule has 0 fully saturated rings. The normalized spacial score (nSPS) is 13.0. The standard InChI is InChI=1S/C22H26ClNO4S/c1-13-11-15(12-14(2)20(13)23)28-10-6-9-18(25)24-21-19(22(26)27-3)16-7-4-5-8-17(16)29-21/h11-12H,4-10H2,1-3H3,(H,24,25). The second-order valence-electron chi connectivity index (χ2n) is 7.28. The van der Waals surface area contributed by atoms with Gasteiger partial charge < -0.3 is 14.8 Å². The summed E-state index contributed by atoms with van der Waals surface area (Å²) >= 11 is 7.67. The Morgan fingerprint density at radius 1 is 1.17 bits per heavy atom. The van der Waals surface area contributed by atoms with E-state index in [1.54, 1.807) is 0 Å². The van der Waals surface area contributed by atoms with E-state index in [0.717, 1.165) is 53.1 Å². The van der Waals surface area contributed by atoms with Gasteiger partial charge in [-0.3, -0.25) is 4.79 Å². The molecule has 5 nitrogen and oxygen atoms in total. The Labute approximate surface area is 180 Å². The van der Waals surface area contributed by atoms with Gasteiger partial charge in [0.05, 0.1) is 19.3 Å². The lowest BCUT2D eigenvalue weighted by Gasteiger charge is -2.12. The van der Waals surface area contributed by atoms with Crippen molar-refractivity contribution < 1.29 is 19.1 Å². The fourth-order valence-corrected chi connectivity index (χ4v) is 4.98. The van der Waals surface area contributed by atoms with Gasteiger partial charge in [-0.2, -0.15) is 0 Å². The lowest BCUT2D eigenvalue weighted by Crippen LogP contribution is -2.15. The molecular formula is C22H26ClNO4S. The number of thiophene rings is 1. The van der Waals surface area contributed by atoms with Crippen LogP contribution in [0.4, 0.5) is 5.00 Å². The first-order valence-corrected chi connectivity index (χ1v) is 11.0. The number of methoxy groups -OCH3 is 1. The van der Waals surface area contributed by atoms with Crippen LogP contribution in [-0.4, -0.2) is 25.6 Å². The smallest absolute Gasteiger partial charge is 0.341 e. The van der Waals surface area contributed by atoms with Crippen molar-refractivity contribution in [3.63, 3.8) is 0 Å². The van der Waals surface area contributed by atoms with Crippen LogP contribution in [0.2, 0.25) is 5.02 Å². The Bertz CT molecular complexity index is 899. The SMILES string of the molecule is COC(=O)c1c(NC(=O)CCCOc2cc(C)c(Cl)c(C)c2)sc2c1CCCC2. The van der Waals surface area contributed by atoms with Crippen molar-refractivity contribution in [2.45, 2.75) is 52.4 Å². The Balaban J connectivity index is 1.56. The maximum absolute atomic E-state index is 12.4. The zero-order valence-electron chi connectivity index (χ0n) is 17.0. The molecule has 7 heteroatoms. The molecular weight excluding hydrogens is 410 g/mol. The maximum atomic E-state index is 12.4. The monoisotopic (exact) mass is 435 g/mol. The van der Waals surface area contributed by atoms with E-state index in [-0.39, 0.29) is 11.9 Å². The molecule has 1 aliphatic carbocycles. The second-order valence-corrected chi connectivity index (χ2v) is 8.76. The van der Waals surface area contributed by atoms with E-state index in [9.17, 15) is 9.59 Å². The Morgan fingerprint density at radius 3 is 2.55 bits per heavy atom. The van der Waals surface area contributed by atoms with Crippen LogP contribution < -0.4 is 10.1 Å². The third-order valence-electron chi connectivity index (χ3n) is 5.04. The largest absolute Gasteiger partial charge is 0.494 e. The minimum Gasteiger partial charge on any atom is -0.494 e. The number of carbonyl (C=O) groups is 2. The molecule has 0 radical (unpaired) electrons. The van der Waals surface area contributed by atoms with Crippen LogP contribution in [0.25, 0.3) is 0 Å². The van der Waals surface area contributed by atoms with Crippen LogP contribution >= 0.6 is 22.9 Å². The van der Waals surface area contributed by atoms with Crippen molar-refractivity contribution in [3.05, 3.63) is 44.3 Å². The maximum Gasteiger partial charge on any atom is 0.341 e. The van der Waals surface area contributed by atoms with E-state index in [2.05, 4.69) is 5.32 Å². The van der Waals surface area contributed by atoms with Crippen molar-refractivity contribution >= 4 is 39.8 Å². The fraction of sp³-hybridized carbons (Fsp3) is 0.455. The first-order valence-electron chi connectivity index (χ1n) is 9.83. The van der Waals surface area contributed by atoms with E-state index in [0.29, 0.717) is 30.0 Å². The van der Waals surface area contributed by atoms with Gasteiger partial charge in [0, 0.05) is 16.3 Å². The molecule has 156 valence electrons. The predicted octanol–water partition coefficient (Wildman–Crippen LogP) is 5.48. The zero-order chi connectivity index (χ0) is 21.0. The highest BCUT2D eigenvalue weighted by atomic mass is 35.5. The Morgan fingerprint density at radius 2 is 1.86 bits per heavy atom. The number of fused-ring (bicyclic) bond motifs is 1. The first kappa shape index (κ1) is 21.7. The summed E-state index contributed by atoms with van der Waals surface area (Å²) in [6.07, 6.45) is 4.87. The van der Waals surface area contributed by atoms with Crippen LogP contribution in [0.5, 0.6) is 5.75 Å². The molecule has 2 aromatic rings. The van der Waals surface area contributed by atoms with Gasteiger partial charge in [-0.05, 0) is 74.8 Å². The molecule has 0 saturated carbocycles. The Kier molecular flexibility index (Phi) is 7.19. The van der Waals surface area contributed by atoms with Crippen LogP contribution in [0, 0.1) is 13.8 Å². The average Bonchev–Trinajstić information content (AvgIpc) is 3.06. The summed E-state index contributed by atoms with van der Waals surface area (Å²) in [7, 11) is 1.37. The van der Waals surface area contributed by atoms with E-state index in [1.165, 1.54) is 23.3 Å². The number of nitrogens with one attached hydrogen (secondary N) is 1. The van der Waals surface area contributed by atoms with E-state index < -0.39 is 0 Å². The topological polar surface area (TPSA) is 64.6 Å². The summed E-state index contributed by atoms with van der Waals surface area (Å²) in [5.74, 6) is 0.251. The summed E-state index contributed by atoms with van der Waals surface area (Å²) in [4.78, 5) is 25.9. The zero-order valence-corrected chi connectivity index (χ0v) is 18.6. The number of hydrogen-bond donors (Lipinski definition) is 1. The lowest BCUT2D eigenvalue weighted by atomic mass is 9.95. The number of aryl methyl sites for hydroxylation is 3. The van der Waals surface area contributed by atoms with Crippen molar-refractivity contribution in [2.24, 2.45) is 0 Å². The van der Waals surface area contributed by atoms with Gasteiger partial charge in [-0.1, -0.05) is 11.6 Å². The molecule has 29 heavy (non-hydrogen) atoms. The van der Waals surface area contributed by atoms with Gasteiger partial charge >= 0.3 is 5.97 Å². The van der Waals surface area contributed by atoms with E-state index in [1.807, 2.05) is 26.0 Å². The van der Waals surface area contributed by atoms with Crippen molar-refractivity contribution in [2.75, 3.05) is 19.0 Å². The Hall–Kier alpha value is -2.05. The van der Waals surface area contributed by atoms with E-state index in [4.69, 9.17) is 21.1 Å². The minimum absolute atomic E-state index is 0.124. The summed E-state index contributed by atoms with van der Waals surface area (Å²) in [6.45, 7) is 4.31. The molecule has 3 rings (SSSR count). The van der Waals surface area contributed by atoms with Gasteiger partial charge in [0.15, 0.2) is 0 Å². The van der Waals surface area contributed by atoms with Crippen molar-refractivity contribution in [1.82, 2.24) is 0 Å². The summed E-state index contributed by atoms with van der Waals surface area (Å²) in [6, 6.07) is 3.79. The van der Waals surface area contributed by atoms with Crippen LogP contribution in [-0.2, 0) is 22.4 Å². The molecule has 1 N–H and O–H groups in total. The molecule has 0 unspecified atom stereocenters. The molecule has 1 amide bonds. The van der Waals surface area contributed by atoms with Crippen LogP contribution in [0.3, 0.4) is 0 Å². The molecule has 1 heterocycles. The number of anilines is 1. The van der Waals surface area contributed by atoms with Gasteiger partial charge in [-0.15, -0.1) is 11.3 Å². The number of ether oxygens (including phenoxy) is 2. The molecule has 1 aromatic heterocycles. The highest BCUT2D eigenvalue weighted by Gasteiger charge is 2.26. The number of rotatable bonds is 7. The predicted molar refractivity (Wildman–Crippen MR) is 117 cm³/mol. The van der Waals surface area contributed by atoms with Crippen LogP contribution in [0.15, 0.2) is 12.1 Å². The summed E-state index contributed by atoms with van der Waals surface area (Å²) in [5.41, 5.74) is 3.51. The fourth-order valence-electron chi connectivity index (χ4n) is 3.57. The number of amides is 1. The van der Waals surface area contributed by atoms with Crippen molar-refractivity contribution in [3.8, 4) is 5.75 Å². The molecule has 0 saturated heterocycles. The number of halogens is 1. The molecule has 0 spiro atoms. The van der Waals surface area contributed by atoms with Gasteiger partial charge in [0.1, 0.15) is 10.8 Å². The summed E-state index contributed by atoms with van der Waals surface area (Å²) < 4.78 is 10.7. The molecule has 1 aliphatic rings. The second kappa shape index (κ2) is 9.63. The molecule has 0 atom stereocenters. The first-order chi connectivity index (χ1) is 13.9. The minimum atomic E-state index is -0.378. The average molecular weight is 436 g/mol. The van der Waals surface area contributed by atoms with Gasteiger partial charge in [0.25, 0.3) is 0 Å². The number of hydrogen-bond acceptors (Lipinski definition) is 5.